The third-order valence-corrected chi connectivity index (χ3v) is 6.33. The molecule has 0 bridgehead atoms. The van der Waals surface area contributed by atoms with Crippen LogP contribution in [-0.4, -0.2) is 9.97 Å². The van der Waals surface area contributed by atoms with Gasteiger partial charge in [0.15, 0.2) is 0 Å². The van der Waals surface area contributed by atoms with E-state index in [0.717, 1.165) is 11.7 Å². The topological polar surface area (TPSA) is 25.8 Å². The highest BCUT2D eigenvalue weighted by Gasteiger charge is 2.25. The quantitative estimate of drug-likeness (QED) is 0.602. The Morgan fingerprint density at radius 2 is 1.58 bits per heavy atom. The monoisotopic (exact) mass is 346 g/mol. The molecule has 0 atom stereocenters. The van der Waals surface area contributed by atoms with Crippen molar-refractivity contribution in [3.63, 3.8) is 0 Å². The van der Waals surface area contributed by atoms with Crippen molar-refractivity contribution in [3.05, 3.63) is 35.4 Å². The minimum absolute atomic E-state index is 0.541. The van der Waals surface area contributed by atoms with E-state index in [1.54, 1.807) is 5.54 Å². The minimum atomic E-state index is 0.541. The third-order valence-electron chi connectivity index (χ3n) is 6.19. The van der Waals surface area contributed by atoms with Gasteiger partial charge in [-0.3, -0.25) is 0 Å². The number of rotatable bonds is 5. The van der Waals surface area contributed by atoms with Crippen molar-refractivity contribution in [2.24, 2.45) is 11.8 Å². The van der Waals surface area contributed by atoms with Crippen LogP contribution in [0.1, 0.15) is 94.4 Å². The maximum absolute atomic E-state index is 5.70. The SMILES string of the molecule is CCCC1CCC(c2cnc(C3CCC(C=CCl)CC3)nc2)CC1. The predicted octanol–water partition coefficient (Wildman–Crippen LogP) is 6.58. The Balaban J connectivity index is 1.53. The van der Waals surface area contributed by atoms with E-state index < -0.39 is 0 Å². The van der Waals surface area contributed by atoms with Gasteiger partial charge in [-0.25, -0.2) is 9.97 Å². The molecule has 24 heavy (non-hydrogen) atoms. The molecule has 3 heteroatoms. The van der Waals surface area contributed by atoms with Gasteiger partial charge < -0.3 is 0 Å². The lowest BCUT2D eigenvalue weighted by molar-refractivity contribution is 0.307. The molecule has 2 fully saturated rings. The van der Waals surface area contributed by atoms with Crippen LogP contribution in [0.2, 0.25) is 0 Å². The summed E-state index contributed by atoms with van der Waals surface area (Å²) in [7, 11) is 0. The Bertz CT molecular complexity index is 509. The maximum Gasteiger partial charge on any atom is 0.131 e. The standard InChI is InChI=1S/C21H31ClN2/c1-2-3-16-4-8-18(9-5-16)20-14-23-21(24-15-20)19-10-6-17(7-11-19)12-13-22/h12-19H,2-11H2,1H3. The molecule has 2 saturated carbocycles. The van der Waals surface area contributed by atoms with E-state index in [9.17, 15) is 0 Å². The molecule has 1 heterocycles. The van der Waals surface area contributed by atoms with Crippen molar-refractivity contribution in [2.75, 3.05) is 0 Å². The summed E-state index contributed by atoms with van der Waals surface area (Å²) in [6, 6.07) is 0. The normalized spacial score (nSPS) is 31.4. The number of allylic oxidation sites excluding steroid dienone is 1. The molecule has 0 radical (unpaired) electrons. The van der Waals surface area contributed by atoms with E-state index in [4.69, 9.17) is 21.6 Å². The summed E-state index contributed by atoms with van der Waals surface area (Å²) in [5.41, 5.74) is 3.04. The molecule has 2 aliphatic rings. The summed E-state index contributed by atoms with van der Waals surface area (Å²) in [6.45, 7) is 2.30. The van der Waals surface area contributed by atoms with Crippen LogP contribution < -0.4 is 0 Å². The minimum Gasteiger partial charge on any atom is -0.241 e. The van der Waals surface area contributed by atoms with E-state index in [2.05, 4.69) is 25.4 Å². The lowest BCUT2D eigenvalue weighted by atomic mass is 9.78. The Morgan fingerprint density at radius 1 is 0.958 bits per heavy atom. The molecular weight excluding hydrogens is 316 g/mol. The van der Waals surface area contributed by atoms with E-state index in [1.165, 1.54) is 69.8 Å². The van der Waals surface area contributed by atoms with Crippen LogP contribution in [0.4, 0.5) is 0 Å². The summed E-state index contributed by atoms with van der Waals surface area (Å²) >= 11 is 5.70. The van der Waals surface area contributed by atoms with Crippen molar-refractivity contribution < 1.29 is 0 Å². The first kappa shape index (κ1) is 17.9. The Kier molecular flexibility index (Phi) is 6.71. The molecule has 1 aromatic rings. The van der Waals surface area contributed by atoms with Crippen LogP contribution in [0.3, 0.4) is 0 Å². The van der Waals surface area contributed by atoms with Crippen LogP contribution in [-0.2, 0) is 0 Å². The van der Waals surface area contributed by atoms with Crippen LogP contribution in [0.15, 0.2) is 24.0 Å². The molecular formula is C21H31ClN2. The van der Waals surface area contributed by atoms with Crippen LogP contribution in [0.5, 0.6) is 0 Å². The zero-order valence-corrected chi connectivity index (χ0v) is 15.7. The van der Waals surface area contributed by atoms with E-state index in [0.29, 0.717) is 17.8 Å². The third kappa shape index (κ3) is 4.59. The zero-order valence-electron chi connectivity index (χ0n) is 15.0. The molecule has 0 aromatic carbocycles. The second kappa shape index (κ2) is 8.99. The van der Waals surface area contributed by atoms with Gasteiger partial charge in [-0.15, -0.1) is 0 Å². The largest absolute Gasteiger partial charge is 0.241 e. The number of nitrogens with zero attached hydrogens (tertiary/aromatic N) is 2. The second-order valence-electron chi connectivity index (χ2n) is 7.81. The molecule has 1 aromatic heterocycles. The first-order chi connectivity index (χ1) is 11.8. The Labute approximate surface area is 152 Å². The fourth-order valence-corrected chi connectivity index (χ4v) is 4.84. The molecule has 0 aliphatic heterocycles. The molecule has 0 saturated heterocycles. The summed E-state index contributed by atoms with van der Waals surface area (Å²) in [4.78, 5) is 9.50. The Hall–Kier alpha value is -0.890. The van der Waals surface area contributed by atoms with Gasteiger partial charge in [0.25, 0.3) is 0 Å². The molecule has 2 nitrogen and oxygen atoms in total. The van der Waals surface area contributed by atoms with Crippen molar-refractivity contribution in [3.8, 4) is 0 Å². The second-order valence-corrected chi connectivity index (χ2v) is 8.06. The molecule has 3 rings (SSSR count). The van der Waals surface area contributed by atoms with Crippen molar-refractivity contribution in [1.82, 2.24) is 9.97 Å². The van der Waals surface area contributed by atoms with E-state index in [-0.39, 0.29) is 0 Å². The van der Waals surface area contributed by atoms with Crippen molar-refractivity contribution >= 4 is 11.6 Å². The smallest absolute Gasteiger partial charge is 0.131 e. The summed E-state index contributed by atoms with van der Waals surface area (Å²) in [5, 5.41) is 0. The molecule has 0 unspecified atom stereocenters. The molecule has 0 amide bonds. The summed E-state index contributed by atoms with van der Waals surface area (Å²) < 4.78 is 0. The average Bonchev–Trinajstić information content (AvgIpc) is 2.64. The molecule has 2 aliphatic carbocycles. The zero-order chi connectivity index (χ0) is 16.8. The average molecular weight is 347 g/mol. The maximum atomic E-state index is 5.70. The number of hydrogen-bond donors (Lipinski definition) is 0. The van der Waals surface area contributed by atoms with Crippen molar-refractivity contribution in [1.29, 1.82) is 0 Å². The van der Waals surface area contributed by atoms with Crippen LogP contribution in [0, 0.1) is 11.8 Å². The number of aromatic nitrogens is 2. The van der Waals surface area contributed by atoms with Crippen LogP contribution in [0.25, 0.3) is 0 Å². The molecule has 132 valence electrons. The van der Waals surface area contributed by atoms with Gasteiger partial charge >= 0.3 is 0 Å². The predicted molar refractivity (Wildman–Crippen MR) is 101 cm³/mol. The molecule has 0 spiro atoms. The summed E-state index contributed by atoms with van der Waals surface area (Å²) in [5.74, 6) is 3.91. The Morgan fingerprint density at radius 3 is 2.17 bits per heavy atom. The molecule has 0 N–H and O–H groups in total. The van der Waals surface area contributed by atoms with Gasteiger partial charge in [0.05, 0.1) is 0 Å². The van der Waals surface area contributed by atoms with Gasteiger partial charge in [0.2, 0.25) is 0 Å². The van der Waals surface area contributed by atoms with Gasteiger partial charge in [-0.05, 0) is 74.7 Å². The summed E-state index contributed by atoms with van der Waals surface area (Å²) in [6.07, 6.45) is 19.3. The first-order valence-corrected chi connectivity index (χ1v) is 10.3. The van der Waals surface area contributed by atoms with Crippen LogP contribution >= 0.6 is 11.6 Å². The number of hydrogen-bond acceptors (Lipinski definition) is 2. The highest BCUT2D eigenvalue weighted by atomic mass is 35.5. The van der Waals surface area contributed by atoms with Crippen molar-refractivity contribution in [2.45, 2.75) is 83.0 Å². The van der Waals surface area contributed by atoms with Gasteiger partial charge in [0, 0.05) is 23.8 Å². The fourth-order valence-electron chi connectivity index (χ4n) is 4.64. The highest BCUT2D eigenvalue weighted by molar-refractivity contribution is 6.25. The lowest BCUT2D eigenvalue weighted by Crippen LogP contribution is -2.16. The fraction of sp³-hybridized carbons (Fsp3) is 0.714. The van der Waals surface area contributed by atoms with E-state index >= 15 is 0 Å². The highest BCUT2D eigenvalue weighted by Crippen LogP contribution is 2.38. The van der Waals surface area contributed by atoms with Gasteiger partial charge in [-0.1, -0.05) is 37.4 Å². The van der Waals surface area contributed by atoms with Gasteiger partial charge in [0.1, 0.15) is 5.82 Å². The lowest BCUT2D eigenvalue weighted by Gasteiger charge is -2.29. The van der Waals surface area contributed by atoms with E-state index in [1.807, 2.05) is 0 Å². The first-order valence-electron chi connectivity index (χ1n) is 9.88. The van der Waals surface area contributed by atoms with Gasteiger partial charge in [-0.2, -0.15) is 0 Å². The number of halogens is 1.